The Labute approximate surface area is 124 Å². The summed E-state index contributed by atoms with van der Waals surface area (Å²) < 4.78 is 23.2. The third-order valence-corrected chi connectivity index (χ3v) is 4.58. The molecule has 0 saturated carbocycles. The maximum absolute atomic E-state index is 12.6. The van der Waals surface area contributed by atoms with Crippen LogP contribution >= 0.6 is 0 Å². The fraction of sp³-hybridized carbons (Fsp3) is 0.429. The summed E-state index contributed by atoms with van der Waals surface area (Å²) in [6.07, 6.45) is 1.37. The molecule has 114 valence electrons. The minimum Gasteiger partial charge on any atom is -0.354 e. The van der Waals surface area contributed by atoms with Crippen molar-refractivity contribution in [3.63, 3.8) is 0 Å². The van der Waals surface area contributed by atoms with E-state index in [0.717, 1.165) is 11.8 Å². The average Bonchev–Trinajstić information content (AvgIpc) is 2.62. The minimum atomic E-state index is -3.36. The van der Waals surface area contributed by atoms with Gasteiger partial charge < -0.3 is 10.2 Å². The molecule has 2 amide bonds. The molecule has 0 atom stereocenters. The van der Waals surface area contributed by atoms with Gasteiger partial charge in [0, 0.05) is 37.9 Å². The second-order valence-corrected chi connectivity index (χ2v) is 7.16. The predicted octanol–water partition coefficient (Wildman–Crippen LogP) is 0.361. The third-order valence-electron chi connectivity index (χ3n) is 3.47. The molecule has 1 saturated heterocycles. The first kappa shape index (κ1) is 15.5. The van der Waals surface area contributed by atoms with Gasteiger partial charge in [-0.3, -0.25) is 9.59 Å². The van der Waals surface area contributed by atoms with E-state index in [2.05, 4.69) is 5.32 Å². The fourth-order valence-electron chi connectivity index (χ4n) is 2.20. The van der Waals surface area contributed by atoms with Crippen LogP contribution in [0.25, 0.3) is 0 Å². The molecule has 21 heavy (non-hydrogen) atoms. The molecule has 0 aliphatic carbocycles. The predicted molar refractivity (Wildman–Crippen MR) is 77.8 cm³/mol. The van der Waals surface area contributed by atoms with E-state index in [1.807, 2.05) is 0 Å². The highest BCUT2D eigenvalue weighted by Gasteiger charge is 2.22. The summed E-state index contributed by atoms with van der Waals surface area (Å²) in [5.74, 6) is -0.318. The van der Waals surface area contributed by atoms with Gasteiger partial charge in [0.25, 0.3) is 5.91 Å². The van der Waals surface area contributed by atoms with Crippen LogP contribution in [0.4, 0.5) is 0 Å². The first-order chi connectivity index (χ1) is 9.79. The number of carbonyl (C=O) groups is 2. The van der Waals surface area contributed by atoms with Gasteiger partial charge in [-0.25, -0.2) is 8.42 Å². The summed E-state index contributed by atoms with van der Waals surface area (Å²) in [7, 11) is -3.36. The van der Waals surface area contributed by atoms with Crippen LogP contribution in [-0.4, -0.2) is 51.0 Å². The summed E-state index contributed by atoms with van der Waals surface area (Å²) in [6.45, 7) is 2.94. The first-order valence-corrected chi connectivity index (χ1v) is 8.55. The molecule has 1 aliphatic rings. The third kappa shape index (κ3) is 3.60. The summed E-state index contributed by atoms with van der Waals surface area (Å²) in [5.41, 5.74) is 1.09. The molecule has 1 N–H and O–H groups in total. The lowest BCUT2D eigenvalue weighted by Crippen LogP contribution is -2.34. The zero-order valence-electron chi connectivity index (χ0n) is 12.0. The Morgan fingerprint density at radius 2 is 2.00 bits per heavy atom. The van der Waals surface area contributed by atoms with E-state index in [1.165, 1.54) is 12.1 Å². The zero-order chi connectivity index (χ0) is 15.6. The molecule has 0 spiro atoms. The van der Waals surface area contributed by atoms with Crippen LogP contribution in [0.15, 0.2) is 23.1 Å². The average molecular weight is 310 g/mol. The molecule has 1 heterocycles. The Kier molecular flexibility index (Phi) is 4.32. The molecule has 0 radical (unpaired) electrons. The van der Waals surface area contributed by atoms with Gasteiger partial charge >= 0.3 is 0 Å². The number of sulfone groups is 1. The number of rotatable bonds is 2. The van der Waals surface area contributed by atoms with E-state index in [1.54, 1.807) is 17.9 Å². The Balaban J connectivity index is 2.32. The first-order valence-electron chi connectivity index (χ1n) is 6.66. The molecule has 0 unspecified atom stereocenters. The number of nitrogens with one attached hydrogen (secondary N) is 1. The summed E-state index contributed by atoms with van der Waals surface area (Å²) in [4.78, 5) is 25.6. The number of hydrogen-bond acceptors (Lipinski definition) is 4. The molecule has 0 aromatic heterocycles. The molecule has 7 heteroatoms. The Hall–Kier alpha value is -1.89. The lowest BCUT2D eigenvalue weighted by molar-refractivity contribution is -0.120. The fourth-order valence-corrected chi connectivity index (χ4v) is 2.85. The Morgan fingerprint density at radius 3 is 2.67 bits per heavy atom. The van der Waals surface area contributed by atoms with Gasteiger partial charge in [-0.15, -0.1) is 0 Å². The number of aryl methyl sites for hydroxylation is 1. The largest absolute Gasteiger partial charge is 0.354 e. The SMILES string of the molecule is Cc1ccc(S(C)(=O)=O)cc1C(=O)N1CCNC(=O)CC1. The van der Waals surface area contributed by atoms with E-state index >= 15 is 0 Å². The summed E-state index contributed by atoms with van der Waals surface area (Å²) >= 11 is 0. The molecule has 6 nitrogen and oxygen atoms in total. The highest BCUT2D eigenvalue weighted by Crippen LogP contribution is 2.18. The van der Waals surface area contributed by atoms with Crippen LogP contribution in [-0.2, 0) is 14.6 Å². The van der Waals surface area contributed by atoms with Gasteiger partial charge in [-0.05, 0) is 24.6 Å². The minimum absolute atomic E-state index is 0.0769. The van der Waals surface area contributed by atoms with Crippen LogP contribution in [0.5, 0.6) is 0 Å². The highest BCUT2D eigenvalue weighted by molar-refractivity contribution is 7.90. The molecular formula is C14H18N2O4S. The second-order valence-electron chi connectivity index (χ2n) is 5.14. The van der Waals surface area contributed by atoms with Crippen molar-refractivity contribution in [1.29, 1.82) is 0 Å². The van der Waals surface area contributed by atoms with Crippen molar-refractivity contribution in [1.82, 2.24) is 10.2 Å². The van der Waals surface area contributed by atoms with Crippen molar-refractivity contribution in [3.05, 3.63) is 29.3 Å². The molecule has 0 bridgehead atoms. The summed E-state index contributed by atoms with van der Waals surface area (Å²) in [6, 6.07) is 4.53. The van der Waals surface area contributed by atoms with E-state index in [9.17, 15) is 18.0 Å². The van der Waals surface area contributed by atoms with Crippen molar-refractivity contribution >= 4 is 21.7 Å². The van der Waals surface area contributed by atoms with Crippen LogP contribution in [0, 0.1) is 6.92 Å². The Bertz CT molecular complexity index is 682. The molecule has 2 rings (SSSR count). The van der Waals surface area contributed by atoms with Gasteiger partial charge in [0.2, 0.25) is 5.91 Å². The number of hydrogen-bond donors (Lipinski definition) is 1. The van der Waals surface area contributed by atoms with Crippen LogP contribution in [0.1, 0.15) is 22.3 Å². The number of benzene rings is 1. The maximum Gasteiger partial charge on any atom is 0.254 e. The van der Waals surface area contributed by atoms with E-state index in [-0.39, 0.29) is 23.1 Å². The van der Waals surface area contributed by atoms with E-state index in [0.29, 0.717) is 25.2 Å². The van der Waals surface area contributed by atoms with Crippen molar-refractivity contribution in [2.24, 2.45) is 0 Å². The molecule has 1 aliphatic heterocycles. The van der Waals surface area contributed by atoms with Crippen molar-refractivity contribution < 1.29 is 18.0 Å². The van der Waals surface area contributed by atoms with Crippen LogP contribution in [0.3, 0.4) is 0 Å². The zero-order valence-corrected chi connectivity index (χ0v) is 12.9. The van der Waals surface area contributed by atoms with Gasteiger partial charge in [0.1, 0.15) is 0 Å². The topological polar surface area (TPSA) is 83.6 Å². The number of carbonyl (C=O) groups excluding carboxylic acids is 2. The molecule has 1 aromatic carbocycles. The molecule has 1 aromatic rings. The van der Waals surface area contributed by atoms with E-state index < -0.39 is 9.84 Å². The normalized spacial score (nSPS) is 16.3. The Morgan fingerprint density at radius 1 is 1.29 bits per heavy atom. The maximum atomic E-state index is 12.6. The second kappa shape index (κ2) is 5.85. The summed E-state index contributed by atoms with van der Waals surface area (Å²) in [5, 5.41) is 2.70. The quantitative estimate of drug-likeness (QED) is 0.855. The van der Waals surface area contributed by atoms with Gasteiger partial charge in [0.05, 0.1) is 4.90 Å². The van der Waals surface area contributed by atoms with Crippen molar-refractivity contribution in [2.75, 3.05) is 25.9 Å². The standard InChI is InChI=1S/C14H18N2O4S/c1-10-3-4-11(21(2,19)20)9-12(10)14(18)16-7-5-13(17)15-6-8-16/h3-4,9H,5-8H2,1-2H3,(H,15,17). The molecule has 1 fully saturated rings. The van der Waals surface area contributed by atoms with Gasteiger partial charge in [-0.2, -0.15) is 0 Å². The van der Waals surface area contributed by atoms with Crippen LogP contribution in [0.2, 0.25) is 0 Å². The monoisotopic (exact) mass is 310 g/mol. The number of amides is 2. The lowest BCUT2D eigenvalue weighted by atomic mass is 10.1. The van der Waals surface area contributed by atoms with E-state index in [4.69, 9.17) is 0 Å². The van der Waals surface area contributed by atoms with Gasteiger partial charge in [-0.1, -0.05) is 6.07 Å². The van der Waals surface area contributed by atoms with Crippen LogP contribution < -0.4 is 5.32 Å². The van der Waals surface area contributed by atoms with Gasteiger partial charge in [0.15, 0.2) is 9.84 Å². The molecular weight excluding hydrogens is 292 g/mol. The smallest absolute Gasteiger partial charge is 0.254 e. The van der Waals surface area contributed by atoms with Crippen molar-refractivity contribution in [2.45, 2.75) is 18.2 Å². The van der Waals surface area contributed by atoms with Crippen molar-refractivity contribution in [3.8, 4) is 0 Å². The number of nitrogens with zero attached hydrogens (tertiary/aromatic N) is 1. The lowest BCUT2D eigenvalue weighted by Gasteiger charge is -2.21. The highest BCUT2D eigenvalue weighted by atomic mass is 32.2.